The third-order valence-electron chi connectivity index (χ3n) is 2.09. The van der Waals surface area contributed by atoms with Gasteiger partial charge in [-0.2, -0.15) is 0 Å². The van der Waals surface area contributed by atoms with Gasteiger partial charge in [-0.05, 0) is 13.0 Å². The predicted octanol–water partition coefficient (Wildman–Crippen LogP) is 2.18. The van der Waals surface area contributed by atoms with Crippen LogP contribution in [0, 0.1) is 15.9 Å². The summed E-state index contributed by atoms with van der Waals surface area (Å²) in [5, 5.41) is 13.3. The average Bonchev–Trinajstić information content (AvgIpc) is 2.25. The minimum atomic E-state index is -0.637. The molecule has 0 heterocycles. The second-order valence-corrected chi connectivity index (χ2v) is 3.38. The Labute approximate surface area is 92.4 Å². The Balaban J connectivity index is 2.76. The van der Waals surface area contributed by atoms with E-state index in [1.807, 2.05) is 6.92 Å². The highest BCUT2D eigenvalue weighted by Crippen LogP contribution is 2.19. The molecule has 16 heavy (non-hydrogen) atoms. The maximum absolute atomic E-state index is 13.0. The maximum atomic E-state index is 13.0. The third-order valence-corrected chi connectivity index (χ3v) is 2.09. The van der Waals surface area contributed by atoms with Gasteiger partial charge in [-0.15, -0.1) is 0 Å². The minimum absolute atomic E-state index is 0.0534. The Kier molecular flexibility index (Phi) is 4.19. The van der Waals surface area contributed by atoms with Crippen LogP contribution in [0.4, 0.5) is 15.8 Å². The van der Waals surface area contributed by atoms with Gasteiger partial charge in [0.05, 0.1) is 17.1 Å². The summed E-state index contributed by atoms with van der Waals surface area (Å²) in [4.78, 5) is 9.86. The molecule has 0 fully saturated rings. The first-order valence-electron chi connectivity index (χ1n) is 4.74. The molecule has 1 unspecified atom stereocenters. The molecule has 0 aromatic heterocycles. The van der Waals surface area contributed by atoms with E-state index in [2.05, 4.69) is 5.32 Å². The van der Waals surface area contributed by atoms with Crippen molar-refractivity contribution >= 4 is 11.4 Å². The van der Waals surface area contributed by atoms with E-state index in [0.29, 0.717) is 12.2 Å². The van der Waals surface area contributed by atoms with Crippen LogP contribution >= 0.6 is 0 Å². The normalized spacial score (nSPS) is 12.2. The van der Waals surface area contributed by atoms with Gasteiger partial charge in [0.2, 0.25) is 0 Å². The van der Waals surface area contributed by atoms with Crippen LogP contribution in [0.5, 0.6) is 0 Å². The molecule has 0 bridgehead atoms. The lowest BCUT2D eigenvalue weighted by molar-refractivity contribution is -0.385. The third kappa shape index (κ3) is 3.47. The van der Waals surface area contributed by atoms with Crippen LogP contribution in [0.3, 0.4) is 0 Å². The first-order valence-corrected chi connectivity index (χ1v) is 4.74. The van der Waals surface area contributed by atoms with Crippen molar-refractivity contribution in [2.24, 2.45) is 0 Å². The number of nitrogens with one attached hydrogen (secondary N) is 1. The molecule has 0 aliphatic carbocycles. The molecule has 0 aliphatic heterocycles. The summed E-state index contributed by atoms with van der Waals surface area (Å²) in [6.07, 6.45) is -0.0534. The second kappa shape index (κ2) is 5.41. The molecule has 0 amide bonds. The monoisotopic (exact) mass is 228 g/mol. The molecule has 1 rings (SSSR count). The van der Waals surface area contributed by atoms with Crippen molar-refractivity contribution < 1.29 is 14.1 Å². The van der Waals surface area contributed by atoms with Crippen LogP contribution in [0.2, 0.25) is 0 Å². The highest BCUT2D eigenvalue weighted by molar-refractivity contribution is 5.51. The highest BCUT2D eigenvalue weighted by Gasteiger charge is 2.10. The van der Waals surface area contributed by atoms with Crippen LogP contribution in [0.25, 0.3) is 0 Å². The standard InChI is InChI=1S/C10H13FN2O3/c1-7(16-2)6-12-9-3-8(11)4-10(5-9)13(14)15/h3-5,7,12H,6H2,1-2H3. The van der Waals surface area contributed by atoms with Crippen molar-refractivity contribution in [2.75, 3.05) is 19.0 Å². The molecule has 0 spiro atoms. The van der Waals surface area contributed by atoms with Gasteiger partial charge in [-0.25, -0.2) is 4.39 Å². The number of benzene rings is 1. The van der Waals surface area contributed by atoms with Crippen molar-refractivity contribution in [3.63, 3.8) is 0 Å². The van der Waals surface area contributed by atoms with Crippen molar-refractivity contribution in [2.45, 2.75) is 13.0 Å². The molecule has 0 aliphatic rings. The summed E-state index contributed by atoms with van der Waals surface area (Å²) in [6.45, 7) is 2.29. The van der Waals surface area contributed by atoms with E-state index in [1.54, 1.807) is 7.11 Å². The Bertz CT molecular complexity index is 384. The molecular formula is C10H13FN2O3. The number of nitrogens with zero attached hydrogens (tertiary/aromatic N) is 1. The fraction of sp³-hybridized carbons (Fsp3) is 0.400. The zero-order chi connectivity index (χ0) is 12.1. The number of hydrogen-bond donors (Lipinski definition) is 1. The van der Waals surface area contributed by atoms with E-state index in [1.165, 1.54) is 12.1 Å². The number of halogens is 1. The lowest BCUT2D eigenvalue weighted by Gasteiger charge is -2.11. The van der Waals surface area contributed by atoms with Crippen LogP contribution in [0.1, 0.15) is 6.92 Å². The Morgan fingerprint density at radius 3 is 2.81 bits per heavy atom. The molecule has 1 aromatic carbocycles. The summed E-state index contributed by atoms with van der Waals surface area (Å²) in [7, 11) is 1.56. The maximum Gasteiger partial charge on any atom is 0.274 e. The van der Waals surface area contributed by atoms with Crippen molar-refractivity contribution in [1.82, 2.24) is 0 Å². The molecule has 0 saturated carbocycles. The van der Waals surface area contributed by atoms with Crippen LogP contribution in [-0.4, -0.2) is 24.7 Å². The highest BCUT2D eigenvalue weighted by atomic mass is 19.1. The smallest absolute Gasteiger partial charge is 0.274 e. The van der Waals surface area contributed by atoms with Gasteiger partial charge in [0, 0.05) is 25.4 Å². The van der Waals surface area contributed by atoms with Crippen molar-refractivity contribution in [1.29, 1.82) is 0 Å². The van der Waals surface area contributed by atoms with Gasteiger partial charge in [-0.3, -0.25) is 10.1 Å². The fourth-order valence-corrected chi connectivity index (χ4v) is 1.13. The number of non-ortho nitro benzene ring substituents is 1. The van der Waals surface area contributed by atoms with E-state index in [4.69, 9.17) is 4.74 Å². The molecule has 88 valence electrons. The van der Waals surface area contributed by atoms with Gasteiger partial charge in [-0.1, -0.05) is 0 Å². The largest absolute Gasteiger partial charge is 0.382 e. The predicted molar refractivity (Wildman–Crippen MR) is 58.0 cm³/mol. The first kappa shape index (κ1) is 12.4. The number of methoxy groups -OCH3 is 1. The van der Waals surface area contributed by atoms with Gasteiger partial charge in [0.15, 0.2) is 0 Å². The minimum Gasteiger partial charge on any atom is -0.382 e. The molecule has 5 nitrogen and oxygen atoms in total. The van der Waals surface area contributed by atoms with E-state index in [0.717, 1.165) is 6.07 Å². The molecule has 6 heteroatoms. The second-order valence-electron chi connectivity index (χ2n) is 3.38. The zero-order valence-corrected chi connectivity index (χ0v) is 9.07. The van der Waals surface area contributed by atoms with E-state index in [-0.39, 0.29) is 11.8 Å². The quantitative estimate of drug-likeness (QED) is 0.619. The number of rotatable bonds is 5. The average molecular weight is 228 g/mol. The summed E-state index contributed by atoms with van der Waals surface area (Å²) < 4.78 is 18.0. The van der Waals surface area contributed by atoms with E-state index < -0.39 is 10.7 Å². The summed E-state index contributed by atoms with van der Waals surface area (Å²) in [5.74, 6) is -0.637. The van der Waals surface area contributed by atoms with E-state index >= 15 is 0 Å². The number of nitro benzene ring substituents is 1. The number of nitro groups is 1. The number of ether oxygens (including phenoxy) is 1. The Morgan fingerprint density at radius 2 is 2.25 bits per heavy atom. The summed E-state index contributed by atoms with van der Waals surface area (Å²) in [6, 6.07) is 3.37. The molecule has 1 aromatic rings. The van der Waals surface area contributed by atoms with Crippen molar-refractivity contribution in [3.05, 3.63) is 34.1 Å². The van der Waals surface area contributed by atoms with Gasteiger partial charge < -0.3 is 10.1 Å². The SMILES string of the molecule is COC(C)CNc1cc(F)cc([N+](=O)[O-])c1. The lowest BCUT2D eigenvalue weighted by Crippen LogP contribution is -2.18. The summed E-state index contributed by atoms with van der Waals surface area (Å²) in [5.41, 5.74) is 0.100. The zero-order valence-electron chi connectivity index (χ0n) is 9.07. The van der Waals surface area contributed by atoms with Gasteiger partial charge >= 0.3 is 0 Å². The van der Waals surface area contributed by atoms with Crippen molar-refractivity contribution in [3.8, 4) is 0 Å². The van der Waals surface area contributed by atoms with E-state index in [9.17, 15) is 14.5 Å². The summed E-state index contributed by atoms with van der Waals surface area (Å²) >= 11 is 0. The van der Waals surface area contributed by atoms with Gasteiger partial charge in [0.1, 0.15) is 5.82 Å². The molecule has 1 atom stereocenters. The number of hydrogen-bond acceptors (Lipinski definition) is 4. The Hall–Kier alpha value is -1.69. The number of anilines is 1. The fourth-order valence-electron chi connectivity index (χ4n) is 1.13. The molecule has 0 radical (unpaired) electrons. The topological polar surface area (TPSA) is 64.4 Å². The van der Waals surface area contributed by atoms with Gasteiger partial charge in [0.25, 0.3) is 5.69 Å². The van der Waals surface area contributed by atoms with Crippen LogP contribution < -0.4 is 5.32 Å². The molecule has 0 saturated heterocycles. The Morgan fingerprint density at radius 1 is 1.56 bits per heavy atom. The lowest BCUT2D eigenvalue weighted by atomic mass is 10.2. The van der Waals surface area contributed by atoms with Crippen LogP contribution in [0.15, 0.2) is 18.2 Å². The first-order chi connectivity index (χ1) is 7.52. The molecule has 1 N–H and O–H groups in total. The van der Waals surface area contributed by atoms with Crippen LogP contribution in [-0.2, 0) is 4.74 Å². The molecular weight excluding hydrogens is 215 g/mol.